The van der Waals surface area contributed by atoms with Crippen LogP contribution < -0.4 is 4.90 Å². The van der Waals surface area contributed by atoms with Crippen LogP contribution in [0.3, 0.4) is 0 Å². The third-order valence-electron chi connectivity index (χ3n) is 5.32. The summed E-state index contributed by atoms with van der Waals surface area (Å²) in [4.78, 5) is 26.2. The van der Waals surface area contributed by atoms with Gasteiger partial charge in [-0.2, -0.15) is 4.31 Å². The first-order valence-electron chi connectivity index (χ1n) is 10.1. The molecule has 0 bridgehead atoms. The van der Waals surface area contributed by atoms with Gasteiger partial charge in [-0.15, -0.1) is 0 Å². The van der Waals surface area contributed by atoms with E-state index in [1.54, 1.807) is 0 Å². The molecule has 2 aliphatic heterocycles. The summed E-state index contributed by atoms with van der Waals surface area (Å²) in [5.41, 5.74) is 0.504. The van der Waals surface area contributed by atoms with Crippen LogP contribution in [0.5, 0.6) is 0 Å². The topological polar surface area (TPSA) is 93.2 Å². The molecule has 166 valence electrons. The molecule has 3 rings (SSSR count). The van der Waals surface area contributed by atoms with Crippen LogP contribution in [0.4, 0.5) is 10.1 Å². The van der Waals surface area contributed by atoms with Crippen molar-refractivity contribution in [3.05, 3.63) is 23.8 Å². The average molecular weight is 443 g/mol. The van der Waals surface area contributed by atoms with Gasteiger partial charge in [0.1, 0.15) is 0 Å². The number of carbonyl (C=O) groups excluding carboxylic acids is 2. The summed E-state index contributed by atoms with van der Waals surface area (Å²) < 4.78 is 50.1. The first-order chi connectivity index (χ1) is 14.4. The molecule has 1 atom stereocenters. The second-order valence-corrected chi connectivity index (χ2v) is 9.23. The Kier molecular flexibility index (Phi) is 7.56. The van der Waals surface area contributed by atoms with E-state index in [0.29, 0.717) is 44.9 Å². The average Bonchev–Trinajstić information content (AvgIpc) is 3.29. The van der Waals surface area contributed by atoms with Gasteiger partial charge in [-0.1, -0.05) is 0 Å². The number of rotatable bonds is 11. The fourth-order valence-corrected chi connectivity index (χ4v) is 5.57. The molecule has 0 N–H and O–H groups in total. The summed E-state index contributed by atoms with van der Waals surface area (Å²) in [6.07, 6.45) is 2.27. The molecule has 0 aromatic heterocycles. The van der Waals surface area contributed by atoms with E-state index in [4.69, 9.17) is 9.47 Å². The number of ketones is 1. The zero-order valence-electron chi connectivity index (χ0n) is 17.0. The highest BCUT2D eigenvalue weighted by molar-refractivity contribution is 7.89. The molecule has 30 heavy (non-hydrogen) atoms. The molecular formula is C20H27FN2O6S. The van der Waals surface area contributed by atoms with Gasteiger partial charge in [0.15, 0.2) is 0 Å². The van der Waals surface area contributed by atoms with Crippen molar-refractivity contribution in [2.75, 3.05) is 51.6 Å². The minimum atomic E-state index is -3.80. The summed E-state index contributed by atoms with van der Waals surface area (Å²) in [6, 6.07) is 4.01. The van der Waals surface area contributed by atoms with E-state index in [1.165, 1.54) is 34.5 Å². The van der Waals surface area contributed by atoms with Crippen molar-refractivity contribution in [3.63, 3.8) is 0 Å². The minimum absolute atomic E-state index is 0.00167. The van der Waals surface area contributed by atoms with Gasteiger partial charge in [0.25, 0.3) is 11.7 Å². The molecule has 0 aliphatic carbocycles. The van der Waals surface area contributed by atoms with E-state index in [1.807, 2.05) is 0 Å². The number of amides is 1. The number of methoxy groups -OCH3 is 1. The Balaban J connectivity index is 1.75. The Morgan fingerprint density at radius 3 is 2.70 bits per heavy atom. The lowest BCUT2D eigenvalue weighted by atomic mass is 10.1. The van der Waals surface area contributed by atoms with Gasteiger partial charge in [-0.05, 0) is 43.9 Å². The van der Waals surface area contributed by atoms with Crippen molar-refractivity contribution in [1.29, 1.82) is 0 Å². The number of hydrogen-bond acceptors (Lipinski definition) is 6. The number of benzene rings is 1. The largest absolute Gasteiger partial charge is 0.383 e. The smallest absolute Gasteiger partial charge is 0.299 e. The van der Waals surface area contributed by atoms with E-state index < -0.39 is 28.4 Å². The molecule has 1 amide bonds. The number of hydrogen-bond donors (Lipinski definition) is 0. The molecular weight excluding hydrogens is 415 g/mol. The molecule has 2 aliphatic rings. The molecule has 0 unspecified atom stereocenters. The van der Waals surface area contributed by atoms with Crippen LogP contribution in [0.2, 0.25) is 0 Å². The lowest BCUT2D eigenvalue weighted by Crippen LogP contribution is -2.38. The number of Topliss-reactive ketones (excluding diaryl/α,β-unsaturated/α-hetero) is 1. The number of carbonyl (C=O) groups is 2. The first kappa shape index (κ1) is 22.8. The third-order valence-corrected chi connectivity index (χ3v) is 7.27. The van der Waals surface area contributed by atoms with E-state index in [0.717, 1.165) is 12.8 Å². The molecule has 0 saturated carbocycles. The number of sulfonamides is 1. The molecule has 2 heterocycles. The Hall–Kier alpha value is -1.88. The molecule has 10 heteroatoms. The monoisotopic (exact) mass is 442 g/mol. The van der Waals surface area contributed by atoms with E-state index in [2.05, 4.69) is 0 Å². The molecule has 0 radical (unpaired) electrons. The fourth-order valence-electron chi connectivity index (χ4n) is 3.87. The first-order valence-corrected chi connectivity index (χ1v) is 11.5. The van der Waals surface area contributed by atoms with Gasteiger partial charge < -0.3 is 14.4 Å². The summed E-state index contributed by atoms with van der Waals surface area (Å²) in [5.74, 6) is -1.39. The second kappa shape index (κ2) is 9.95. The van der Waals surface area contributed by atoms with Crippen molar-refractivity contribution in [1.82, 2.24) is 4.31 Å². The number of ether oxygens (including phenoxy) is 2. The maximum absolute atomic E-state index is 13.1. The van der Waals surface area contributed by atoms with Crippen LogP contribution in [0.25, 0.3) is 0 Å². The van der Waals surface area contributed by atoms with Crippen LogP contribution in [-0.4, -0.2) is 77.1 Å². The van der Waals surface area contributed by atoms with Gasteiger partial charge in [0.05, 0.1) is 29.4 Å². The van der Waals surface area contributed by atoms with Gasteiger partial charge in [0, 0.05) is 39.5 Å². The Labute approximate surface area is 176 Å². The predicted molar refractivity (Wildman–Crippen MR) is 108 cm³/mol. The van der Waals surface area contributed by atoms with Crippen molar-refractivity contribution in [2.24, 2.45) is 0 Å². The second-order valence-electron chi connectivity index (χ2n) is 7.34. The van der Waals surface area contributed by atoms with Crippen molar-refractivity contribution in [3.8, 4) is 0 Å². The van der Waals surface area contributed by atoms with Crippen LogP contribution in [0, 0.1) is 0 Å². The van der Waals surface area contributed by atoms with Crippen molar-refractivity contribution in [2.45, 2.75) is 36.6 Å². The summed E-state index contributed by atoms with van der Waals surface area (Å²) in [5, 5.41) is 0. The zero-order valence-corrected chi connectivity index (χ0v) is 17.8. The number of anilines is 1. The van der Waals surface area contributed by atoms with Gasteiger partial charge in [-0.3, -0.25) is 14.0 Å². The van der Waals surface area contributed by atoms with Gasteiger partial charge >= 0.3 is 0 Å². The Morgan fingerprint density at radius 2 is 1.97 bits per heavy atom. The lowest BCUT2D eigenvalue weighted by molar-refractivity contribution is -0.114. The fraction of sp³-hybridized carbons (Fsp3) is 0.600. The molecule has 1 aromatic carbocycles. The van der Waals surface area contributed by atoms with E-state index in [9.17, 15) is 22.4 Å². The van der Waals surface area contributed by atoms with Gasteiger partial charge in [-0.25, -0.2) is 8.42 Å². The molecule has 8 nitrogen and oxygen atoms in total. The zero-order chi connectivity index (χ0) is 21.7. The molecule has 1 fully saturated rings. The molecule has 1 aromatic rings. The molecule has 1 saturated heterocycles. The van der Waals surface area contributed by atoms with Crippen LogP contribution in [0.15, 0.2) is 23.1 Å². The number of fused-ring (bicyclic) bond motifs is 1. The normalized spacial score (nSPS) is 19.7. The maximum atomic E-state index is 13.1. The lowest BCUT2D eigenvalue weighted by Gasteiger charge is -2.24. The quantitative estimate of drug-likeness (QED) is 0.383. The van der Waals surface area contributed by atoms with E-state index >= 15 is 0 Å². The highest BCUT2D eigenvalue weighted by Crippen LogP contribution is 2.33. The summed E-state index contributed by atoms with van der Waals surface area (Å²) in [7, 11) is -2.27. The summed E-state index contributed by atoms with van der Waals surface area (Å²) >= 11 is 0. The third kappa shape index (κ3) is 4.56. The van der Waals surface area contributed by atoms with Gasteiger partial charge in [0.2, 0.25) is 10.0 Å². The predicted octanol–water partition coefficient (Wildman–Crippen LogP) is 1.78. The van der Waals surface area contributed by atoms with Crippen molar-refractivity contribution < 1.29 is 31.9 Å². The SMILES string of the molecule is COC[C@@H]1CCCN1S(=O)(=O)c1ccc2c(c1)C(=O)C(=O)N2CCCOCCCF. The Morgan fingerprint density at radius 1 is 1.20 bits per heavy atom. The highest BCUT2D eigenvalue weighted by atomic mass is 32.2. The van der Waals surface area contributed by atoms with Crippen LogP contribution in [-0.2, 0) is 24.3 Å². The summed E-state index contributed by atoms with van der Waals surface area (Å²) in [6.45, 7) is 1.18. The number of halogens is 1. The Bertz CT molecular complexity index is 891. The minimum Gasteiger partial charge on any atom is -0.383 e. The van der Waals surface area contributed by atoms with Crippen LogP contribution >= 0.6 is 0 Å². The molecule has 0 spiro atoms. The number of alkyl halides is 1. The van der Waals surface area contributed by atoms with Crippen LogP contribution in [0.1, 0.15) is 36.0 Å². The van der Waals surface area contributed by atoms with E-state index in [-0.39, 0.29) is 23.0 Å². The standard InChI is InChI=1S/C20H27FN2O6S/c1-28-14-15-5-2-10-23(15)30(26,27)16-6-7-18-17(13-16)19(24)20(25)22(18)9-4-12-29-11-3-8-21/h6-7,13,15H,2-5,8-12,14H2,1H3/t15-/m0/s1. The van der Waals surface area contributed by atoms with Crippen molar-refractivity contribution >= 4 is 27.4 Å². The highest BCUT2D eigenvalue weighted by Gasteiger charge is 2.39. The number of nitrogens with zero attached hydrogens (tertiary/aromatic N) is 2. The maximum Gasteiger partial charge on any atom is 0.299 e.